The zero-order chi connectivity index (χ0) is 25.0. The SMILES string of the molecule is Clc1cccc(-c2cc(-c3cc(-c4ccccc4)nc(-c4ccccc4)n3)ccc2-c2ccccc2)c1. The van der Waals surface area contributed by atoms with Crippen molar-refractivity contribution >= 4 is 11.6 Å². The van der Waals surface area contributed by atoms with Crippen molar-refractivity contribution in [3.05, 3.63) is 145 Å². The van der Waals surface area contributed by atoms with Crippen LogP contribution in [0.5, 0.6) is 0 Å². The Morgan fingerprint density at radius 2 is 0.946 bits per heavy atom. The van der Waals surface area contributed by atoms with E-state index in [4.69, 9.17) is 21.6 Å². The quantitative estimate of drug-likeness (QED) is 0.238. The molecule has 3 heteroatoms. The molecule has 0 unspecified atom stereocenters. The molecule has 0 radical (unpaired) electrons. The van der Waals surface area contributed by atoms with Gasteiger partial charge in [0.15, 0.2) is 5.82 Å². The molecule has 0 atom stereocenters. The molecule has 176 valence electrons. The van der Waals surface area contributed by atoms with Gasteiger partial charge in [0.05, 0.1) is 11.4 Å². The molecule has 5 aromatic carbocycles. The molecule has 0 bridgehead atoms. The van der Waals surface area contributed by atoms with E-state index in [2.05, 4.69) is 66.7 Å². The van der Waals surface area contributed by atoms with E-state index in [1.165, 1.54) is 0 Å². The molecule has 0 aliphatic carbocycles. The molecule has 0 N–H and O–H groups in total. The Labute approximate surface area is 221 Å². The third-order valence-corrected chi connectivity index (χ3v) is 6.60. The number of benzene rings is 5. The summed E-state index contributed by atoms with van der Waals surface area (Å²) < 4.78 is 0. The third kappa shape index (κ3) is 4.93. The summed E-state index contributed by atoms with van der Waals surface area (Å²) in [6.07, 6.45) is 0. The van der Waals surface area contributed by atoms with E-state index in [1.54, 1.807) is 0 Å². The predicted octanol–water partition coefficient (Wildman–Crippen LogP) is 9.46. The first-order valence-corrected chi connectivity index (χ1v) is 12.6. The highest BCUT2D eigenvalue weighted by Gasteiger charge is 2.14. The Morgan fingerprint density at radius 3 is 1.59 bits per heavy atom. The zero-order valence-corrected chi connectivity index (χ0v) is 20.8. The van der Waals surface area contributed by atoms with Crippen LogP contribution in [-0.4, -0.2) is 9.97 Å². The maximum Gasteiger partial charge on any atom is 0.160 e. The van der Waals surface area contributed by atoms with Gasteiger partial charge < -0.3 is 0 Å². The van der Waals surface area contributed by atoms with Gasteiger partial charge in [-0.05, 0) is 46.5 Å². The van der Waals surface area contributed by atoms with Crippen molar-refractivity contribution in [1.29, 1.82) is 0 Å². The van der Waals surface area contributed by atoms with Gasteiger partial charge in [-0.2, -0.15) is 0 Å². The molecule has 0 amide bonds. The summed E-state index contributed by atoms with van der Waals surface area (Å²) in [5.74, 6) is 0.702. The molecule has 1 heterocycles. The second kappa shape index (κ2) is 10.2. The molecular weight excluding hydrogens is 472 g/mol. The Bertz CT molecular complexity index is 1610. The summed E-state index contributed by atoms with van der Waals surface area (Å²) in [5, 5.41) is 0.710. The second-order valence-electron chi connectivity index (χ2n) is 8.83. The number of aromatic nitrogens is 2. The Morgan fingerprint density at radius 1 is 0.378 bits per heavy atom. The maximum atomic E-state index is 6.41. The van der Waals surface area contributed by atoms with Gasteiger partial charge in [0.2, 0.25) is 0 Å². The molecule has 0 fully saturated rings. The predicted molar refractivity (Wildman–Crippen MR) is 154 cm³/mol. The Kier molecular flexibility index (Phi) is 6.33. The van der Waals surface area contributed by atoms with Gasteiger partial charge in [-0.25, -0.2) is 9.97 Å². The summed E-state index contributed by atoms with van der Waals surface area (Å²) in [6, 6.07) is 47.4. The number of hydrogen-bond donors (Lipinski definition) is 0. The monoisotopic (exact) mass is 494 g/mol. The molecule has 0 aliphatic rings. The number of hydrogen-bond acceptors (Lipinski definition) is 2. The van der Waals surface area contributed by atoms with Gasteiger partial charge in [-0.3, -0.25) is 0 Å². The Hall–Kier alpha value is -4.53. The number of rotatable bonds is 5. The molecule has 0 saturated heterocycles. The van der Waals surface area contributed by atoms with E-state index in [0.29, 0.717) is 10.8 Å². The van der Waals surface area contributed by atoms with Gasteiger partial charge >= 0.3 is 0 Å². The van der Waals surface area contributed by atoms with E-state index in [9.17, 15) is 0 Å². The van der Waals surface area contributed by atoms with Crippen LogP contribution in [0.15, 0.2) is 140 Å². The fraction of sp³-hybridized carbons (Fsp3) is 0. The van der Waals surface area contributed by atoms with Crippen molar-refractivity contribution in [1.82, 2.24) is 9.97 Å². The van der Waals surface area contributed by atoms with Crippen molar-refractivity contribution < 1.29 is 0 Å². The molecular formula is C34H23ClN2. The maximum absolute atomic E-state index is 6.41. The van der Waals surface area contributed by atoms with Gasteiger partial charge in [-0.1, -0.05) is 127 Å². The molecule has 0 saturated carbocycles. The molecule has 0 spiro atoms. The van der Waals surface area contributed by atoms with Crippen LogP contribution in [0, 0.1) is 0 Å². The summed E-state index contributed by atoms with van der Waals surface area (Å²) >= 11 is 6.41. The van der Waals surface area contributed by atoms with Crippen LogP contribution < -0.4 is 0 Å². The fourth-order valence-corrected chi connectivity index (χ4v) is 4.73. The highest BCUT2D eigenvalue weighted by Crippen LogP contribution is 2.37. The first-order chi connectivity index (χ1) is 18.2. The van der Waals surface area contributed by atoms with Crippen molar-refractivity contribution in [2.45, 2.75) is 0 Å². The summed E-state index contributed by atoms with van der Waals surface area (Å²) in [4.78, 5) is 9.95. The van der Waals surface area contributed by atoms with Crippen molar-refractivity contribution in [2.75, 3.05) is 0 Å². The van der Waals surface area contributed by atoms with Crippen LogP contribution in [0.1, 0.15) is 0 Å². The Balaban J connectivity index is 1.56. The van der Waals surface area contributed by atoms with Gasteiger partial charge in [0.25, 0.3) is 0 Å². The average Bonchev–Trinajstić information content (AvgIpc) is 2.98. The molecule has 2 nitrogen and oxygen atoms in total. The first kappa shape index (κ1) is 22.9. The van der Waals surface area contributed by atoms with Gasteiger partial charge in [0, 0.05) is 21.7 Å². The highest BCUT2D eigenvalue weighted by atomic mass is 35.5. The summed E-state index contributed by atoms with van der Waals surface area (Å²) in [7, 11) is 0. The van der Waals surface area contributed by atoms with E-state index < -0.39 is 0 Å². The summed E-state index contributed by atoms with van der Waals surface area (Å²) in [6.45, 7) is 0. The minimum Gasteiger partial charge on any atom is -0.228 e. The molecule has 6 aromatic rings. The van der Waals surface area contributed by atoms with Crippen LogP contribution in [-0.2, 0) is 0 Å². The number of halogens is 1. The molecule has 37 heavy (non-hydrogen) atoms. The van der Waals surface area contributed by atoms with E-state index >= 15 is 0 Å². The highest BCUT2D eigenvalue weighted by molar-refractivity contribution is 6.30. The van der Waals surface area contributed by atoms with Crippen LogP contribution in [0.3, 0.4) is 0 Å². The van der Waals surface area contributed by atoms with Crippen molar-refractivity contribution in [3.8, 4) is 56.2 Å². The van der Waals surface area contributed by atoms with E-state index in [1.807, 2.05) is 72.8 Å². The lowest BCUT2D eigenvalue weighted by Crippen LogP contribution is -1.96. The zero-order valence-electron chi connectivity index (χ0n) is 20.1. The normalized spacial score (nSPS) is 10.8. The van der Waals surface area contributed by atoms with Crippen LogP contribution in [0.25, 0.3) is 56.2 Å². The lowest BCUT2D eigenvalue weighted by Gasteiger charge is -2.14. The summed E-state index contributed by atoms with van der Waals surface area (Å²) in [5.41, 5.74) is 9.29. The standard InChI is InChI=1S/C34H23ClN2/c35-29-18-10-17-27(21-29)31-22-28(19-20-30(31)24-11-4-1-5-12-24)33-23-32(25-13-6-2-7-14-25)36-34(37-33)26-15-8-3-9-16-26/h1-23H. The van der Waals surface area contributed by atoms with E-state index in [-0.39, 0.29) is 0 Å². The third-order valence-electron chi connectivity index (χ3n) is 6.36. The van der Waals surface area contributed by atoms with Crippen molar-refractivity contribution in [2.24, 2.45) is 0 Å². The van der Waals surface area contributed by atoms with Crippen LogP contribution in [0.4, 0.5) is 0 Å². The van der Waals surface area contributed by atoms with Crippen LogP contribution in [0.2, 0.25) is 5.02 Å². The first-order valence-electron chi connectivity index (χ1n) is 12.2. The molecule has 1 aromatic heterocycles. The molecule has 6 rings (SSSR count). The molecule has 0 aliphatic heterocycles. The lowest BCUT2D eigenvalue weighted by molar-refractivity contribution is 1.18. The fourth-order valence-electron chi connectivity index (χ4n) is 4.54. The lowest BCUT2D eigenvalue weighted by atomic mass is 9.92. The minimum atomic E-state index is 0.702. The minimum absolute atomic E-state index is 0.702. The second-order valence-corrected chi connectivity index (χ2v) is 9.27. The van der Waals surface area contributed by atoms with E-state index in [0.717, 1.165) is 50.3 Å². The largest absolute Gasteiger partial charge is 0.228 e. The average molecular weight is 495 g/mol. The van der Waals surface area contributed by atoms with Crippen molar-refractivity contribution in [3.63, 3.8) is 0 Å². The number of nitrogens with zero attached hydrogens (tertiary/aromatic N) is 2. The van der Waals surface area contributed by atoms with Gasteiger partial charge in [0.1, 0.15) is 0 Å². The topological polar surface area (TPSA) is 25.8 Å². The smallest absolute Gasteiger partial charge is 0.160 e. The van der Waals surface area contributed by atoms with Gasteiger partial charge in [-0.15, -0.1) is 0 Å². The van der Waals surface area contributed by atoms with Crippen LogP contribution >= 0.6 is 11.6 Å².